The second-order valence-corrected chi connectivity index (χ2v) is 7.12. The highest BCUT2D eigenvalue weighted by atomic mass is 32.2. The number of nitro groups is 1. The Morgan fingerprint density at radius 2 is 1.81 bits per heavy atom. The minimum Gasteiger partial charge on any atom is -0.487 e. The van der Waals surface area contributed by atoms with Crippen LogP contribution >= 0.6 is 0 Å². The van der Waals surface area contributed by atoms with Crippen LogP contribution in [0.3, 0.4) is 0 Å². The number of hydrogen-bond acceptors (Lipinski definition) is 6. The van der Waals surface area contributed by atoms with E-state index >= 15 is 0 Å². The van der Waals surface area contributed by atoms with Gasteiger partial charge in [0.15, 0.2) is 4.90 Å². The van der Waals surface area contributed by atoms with Crippen molar-refractivity contribution in [1.82, 2.24) is 4.98 Å². The fourth-order valence-corrected chi connectivity index (χ4v) is 3.56. The van der Waals surface area contributed by atoms with Crippen LogP contribution < -0.4 is 9.46 Å². The van der Waals surface area contributed by atoms with Crippen molar-refractivity contribution in [3.05, 3.63) is 88.7 Å². The van der Waals surface area contributed by atoms with Gasteiger partial charge in [0.2, 0.25) is 0 Å². The number of nitrogens with one attached hydrogen (secondary N) is 1. The van der Waals surface area contributed by atoms with Crippen molar-refractivity contribution in [3.63, 3.8) is 0 Å². The van der Waals surface area contributed by atoms with Gasteiger partial charge >= 0.3 is 0 Å². The first-order valence-corrected chi connectivity index (χ1v) is 9.33. The van der Waals surface area contributed by atoms with E-state index < -0.39 is 25.5 Å². The summed E-state index contributed by atoms with van der Waals surface area (Å²) in [5.74, 6) is 0.434. The molecule has 0 saturated carbocycles. The van der Waals surface area contributed by atoms with Gasteiger partial charge in [-0.25, -0.2) is 8.42 Å². The van der Waals surface area contributed by atoms with Crippen LogP contribution in [0.2, 0.25) is 0 Å². The van der Waals surface area contributed by atoms with Gasteiger partial charge in [-0.3, -0.25) is 19.8 Å². The minimum absolute atomic E-state index is 0.223. The minimum atomic E-state index is -4.13. The molecule has 2 aromatic carbocycles. The second kappa shape index (κ2) is 7.83. The molecule has 1 heterocycles. The van der Waals surface area contributed by atoms with E-state index in [-0.39, 0.29) is 12.3 Å². The average Bonchev–Trinajstić information content (AvgIpc) is 2.67. The van der Waals surface area contributed by atoms with Crippen molar-refractivity contribution in [2.75, 3.05) is 4.72 Å². The molecule has 138 valence electrons. The van der Waals surface area contributed by atoms with Gasteiger partial charge in [0.05, 0.1) is 16.3 Å². The Morgan fingerprint density at radius 3 is 2.56 bits per heavy atom. The number of ether oxygens (including phenoxy) is 1. The molecular formula is C18H15N3O5S. The SMILES string of the molecule is O=[N+]([O-])c1ccccc1S(=O)(=O)Nc1cccc(OCc2ccccn2)c1. The second-order valence-electron chi connectivity index (χ2n) is 5.47. The predicted molar refractivity (Wildman–Crippen MR) is 98.9 cm³/mol. The number of aromatic nitrogens is 1. The predicted octanol–water partition coefficient (Wildman–Crippen LogP) is 3.37. The van der Waals surface area contributed by atoms with Crippen LogP contribution in [0.25, 0.3) is 0 Å². The number of nitro benzene ring substituents is 1. The van der Waals surface area contributed by atoms with E-state index in [0.717, 1.165) is 11.8 Å². The number of anilines is 1. The molecule has 27 heavy (non-hydrogen) atoms. The largest absolute Gasteiger partial charge is 0.487 e. The molecule has 8 nitrogen and oxygen atoms in total. The van der Waals surface area contributed by atoms with Gasteiger partial charge in [0, 0.05) is 18.3 Å². The quantitative estimate of drug-likeness (QED) is 0.493. The standard InChI is InChI=1S/C18H15N3O5S/c22-21(23)17-9-1-2-10-18(17)27(24,25)20-14-7-5-8-16(12-14)26-13-15-6-3-4-11-19-15/h1-12,20H,13H2. The summed E-state index contributed by atoms with van der Waals surface area (Å²) in [7, 11) is -4.13. The Labute approximate surface area is 155 Å². The zero-order chi connectivity index (χ0) is 19.3. The summed E-state index contributed by atoms with van der Waals surface area (Å²) in [6.45, 7) is 0.223. The topological polar surface area (TPSA) is 111 Å². The highest BCUT2D eigenvalue weighted by Crippen LogP contribution is 2.26. The maximum Gasteiger partial charge on any atom is 0.289 e. The number of benzene rings is 2. The van der Waals surface area contributed by atoms with E-state index in [1.54, 1.807) is 30.5 Å². The first-order valence-electron chi connectivity index (χ1n) is 7.85. The van der Waals surface area contributed by atoms with Crippen molar-refractivity contribution in [2.24, 2.45) is 0 Å². The Bertz CT molecular complexity index is 1060. The maximum absolute atomic E-state index is 12.6. The average molecular weight is 385 g/mol. The third-order valence-electron chi connectivity index (χ3n) is 3.55. The molecule has 0 aliphatic rings. The summed E-state index contributed by atoms with van der Waals surface area (Å²) in [5.41, 5.74) is 0.461. The third-order valence-corrected chi connectivity index (χ3v) is 4.98. The van der Waals surface area contributed by atoms with Crippen molar-refractivity contribution in [3.8, 4) is 5.75 Å². The van der Waals surface area contributed by atoms with Crippen molar-refractivity contribution in [2.45, 2.75) is 11.5 Å². The molecule has 0 aliphatic heterocycles. The van der Waals surface area contributed by atoms with E-state index in [2.05, 4.69) is 9.71 Å². The zero-order valence-corrected chi connectivity index (χ0v) is 14.8. The lowest BCUT2D eigenvalue weighted by molar-refractivity contribution is -0.387. The highest BCUT2D eigenvalue weighted by Gasteiger charge is 2.25. The van der Waals surface area contributed by atoms with Crippen LogP contribution in [0.1, 0.15) is 5.69 Å². The van der Waals surface area contributed by atoms with Crippen molar-refractivity contribution in [1.29, 1.82) is 0 Å². The molecule has 1 N–H and O–H groups in total. The molecule has 0 aliphatic carbocycles. The molecule has 0 saturated heterocycles. The van der Waals surface area contributed by atoms with Gasteiger partial charge in [-0.05, 0) is 30.3 Å². The van der Waals surface area contributed by atoms with Crippen molar-refractivity contribution >= 4 is 21.4 Å². The zero-order valence-electron chi connectivity index (χ0n) is 14.0. The fraction of sp³-hybridized carbons (Fsp3) is 0.0556. The molecule has 0 spiro atoms. The molecule has 1 aromatic heterocycles. The Morgan fingerprint density at radius 1 is 1.04 bits per heavy atom. The number of hydrogen-bond donors (Lipinski definition) is 1. The molecule has 3 rings (SSSR count). The first kappa shape index (κ1) is 18.3. The number of pyridine rings is 1. The van der Waals surface area contributed by atoms with E-state index in [0.29, 0.717) is 5.75 Å². The molecule has 0 atom stereocenters. The highest BCUT2D eigenvalue weighted by molar-refractivity contribution is 7.92. The number of sulfonamides is 1. The van der Waals surface area contributed by atoms with Gasteiger partial charge in [0.1, 0.15) is 12.4 Å². The summed E-state index contributed by atoms with van der Waals surface area (Å²) >= 11 is 0. The summed E-state index contributed by atoms with van der Waals surface area (Å²) < 4.78 is 33.1. The van der Waals surface area contributed by atoms with Crippen LogP contribution in [0.5, 0.6) is 5.75 Å². The number of nitrogens with zero attached hydrogens (tertiary/aromatic N) is 2. The Balaban J connectivity index is 1.79. The molecule has 0 fully saturated rings. The Hall–Kier alpha value is -3.46. The summed E-state index contributed by atoms with van der Waals surface area (Å²) in [6.07, 6.45) is 1.65. The van der Waals surface area contributed by atoms with Gasteiger partial charge in [-0.2, -0.15) is 0 Å². The molecule has 0 bridgehead atoms. The van der Waals surface area contributed by atoms with Crippen LogP contribution in [-0.2, 0) is 16.6 Å². The molecule has 0 unspecified atom stereocenters. The number of para-hydroxylation sites is 1. The van der Waals surface area contributed by atoms with Gasteiger partial charge in [-0.15, -0.1) is 0 Å². The lowest BCUT2D eigenvalue weighted by atomic mass is 10.3. The van der Waals surface area contributed by atoms with E-state index in [9.17, 15) is 18.5 Å². The molecule has 9 heteroatoms. The first-order chi connectivity index (χ1) is 13.0. The molecule has 0 radical (unpaired) electrons. The molecule has 0 amide bonds. The number of rotatable bonds is 7. The van der Waals surface area contributed by atoms with Crippen LogP contribution in [-0.4, -0.2) is 18.3 Å². The monoisotopic (exact) mass is 385 g/mol. The molecular weight excluding hydrogens is 370 g/mol. The maximum atomic E-state index is 12.6. The van der Waals surface area contributed by atoms with E-state index in [1.807, 2.05) is 6.07 Å². The van der Waals surface area contributed by atoms with E-state index in [4.69, 9.17) is 4.74 Å². The smallest absolute Gasteiger partial charge is 0.289 e. The van der Waals surface area contributed by atoms with Gasteiger partial charge in [0.25, 0.3) is 15.7 Å². The fourth-order valence-electron chi connectivity index (χ4n) is 2.34. The Kier molecular flexibility index (Phi) is 5.32. The summed E-state index contributed by atoms with van der Waals surface area (Å²) in [5, 5.41) is 11.1. The van der Waals surface area contributed by atoms with Gasteiger partial charge < -0.3 is 4.74 Å². The van der Waals surface area contributed by atoms with E-state index in [1.165, 1.54) is 30.3 Å². The van der Waals surface area contributed by atoms with Crippen LogP contribution in [0, 0.1) is 10.1 Å². The van der Waals surface area contributed by atoms with Crippen molar-refractivity contribution < 1.29 is 18.1 Å². The van der Waals surface area contributed by atoms with Gasteiger partial charge in [-0.1, -0.05) is 24.3 Å². The molecule has 3 aromatic rings. The summed E-state index contributed by atoms with van der Waals surface area (Å²) in [6, 6.07) is 16.9. The normalized spacial score (nSPS) is 11.0. The van der Waals surface area contributed by atoms with Crippen LogP contribution in [0.15, 0.2) is 77.8 Å². The van der Waals surface area contributed by atoms with Crippen LogP contribution in [0.4, 0.5) is 11.4 Å². The lowest BCUT2D eigenvalue weighted by Gasteiger charge is -2.10. The summed E-state index contributed by atoms with van der Waals surface area (Å²) in [4.78, 5) is 14.1. The third kappa shape index (κ3) is 4.59. The lowest BCUT2D eigenvalue weighted by Crippen LogP contribution is -2.14.